The lowest BCUT2D eigenvalue weighted by Gasteiger charge is -2.16. The molecule has 0 saturated heterocycles. The Morgan fingerprint density at radius 2 is 2.33 bits per heavy atom. The zero-order chi connectivity index (χ0) is 8.97. The molecule has 0 aromatic rings. The van der Waals surface area contributed by atoms with Gasteiger partial charge in [-0.15, -0.1) is 0 Å². The number of hydrogen-bond donors (Lipinski definition) is 1. The van der Waals surface area contributed by atoms with Gasteiger partial charge in [0.1, 0.15) is 0 Å². The number of nitrogens with zero attached hydrogens (tertiary/aromatic N) is 2. The summed E-state index contributed by atoms with van der Waals surface area (Å²) in [6.45, 7) is 2.13. The molecule has 1 fully saturated rings. The monoisotopic (exact) mass is 167 g/mol. The molecule has 0 bridgehead atoms. The van der Waals surface area contributed by atoms with E-state index in [0.29, 0.717) is 0 Å². The van der Waals surface area contributed by atoms with E-state index in [1.165, 1.54) is 19.4 Å². The predicted molar refractivity (Wildman–Crippen MR) is 48.4 cm³/mol. The molecule has 0 amide bonds. The molecule has 3 nitrogen and oxygen atoms in total. The summed E-state index contributed by atoms with van der Waals surface area (Å²) in [5.41, 5.74) is 5.48. The molecule has 1 aliphatic rings. The minimum Gasteiger partial charge on any atom is -0.316 e. The topological polar surface area (TPSA) is 53.0 Å². The van der Waals surface area contributed by atoms with Crippen LogP contribution >= 0.6 is 0 Å². The largest absolute Gasteiger partial charge is 0.316 e. The van der Waals surface area contributed by atoms with Crippen LogP contribution in [0.5, 0.6) is 0 Å². The van der Waals surface area contributed by atoms with Crippen molar-refractivity contribution in [2.75, 3.05) is 20.1 Å². The van der Waals surface area contributed by atoms with Crippen LogP contribution in [0.4, 0.5) is 0 Å². The van der Waals surface area contributed by atoms with Gasteiger partial charge >= 0.3 is 0 Å². The van der Waals surface area contributed by atoms with Gasteiger partial charge in [0.05, 0.1) is 12.1 Å². The molecule has 0 radical (unpaired) electrons. The standard InChI is InChI=1S/C9H17N3/c1-12(7-8-2-3-8)5-4-9(11)6-10/h8-9H,2-5,7,11H2,1H3. The minimum atomic E-state index is -0.286. The summed E-state index contributed by atoms with van der Waals surface area (Å²) in [5.74, 6) is 0.924. The average Bonchev–Trinajstić information content (AvgIpc) is 2.84. The number of rotatable bonds is 5. The van der Waals surface area contributed by atoms with Gasteiger partial charge < -0.3 is 10.6 Å². The van der Waals surface area contributed by atoms with Crippen molar-refractivity contribution in [1.29, 1.82) is 5.26 Å². The van der Waals surface area contributed by atoms with Gasteiger partial charge in [-0.2, -0.15) is 5.26 Å². The molecular weight excluding hydrogens is 150 g/mol. The van der Waals surface area contributed by atoms with Crippen LogP contribution in [-0.2, 0) is 0 Å². The molecule has 1 saturated carbocycles. The van der Waals surface area contributed by atoms with Crippen LogP contribution < -0.4 is 5.73 Å². The van der Waals surface area contributed by atoms with E-state index in [-0.39, 0.29) is 6.04 Å². The summed E-state index contributed by atoms with van der Waals surface area (Å²) in [6, 6.07) is 1.75. The molecule has 2 N–H and O–H groups in total. The van der Waals surface area contributed by atoms with Crippen molar-refractivity contribution in [2.45, 2.75) is 25.3 Å². The molecule has 12 heavy (non-hydrogen) atoms. The third-order valence-electron chi connectivity index (χ3n) is 2.25. The molecule has 1 unspecified atom stereocenters. The van der Waals surface area contributed by atoms with Crippen LogP contribution in [0, 0.1) is 17.2 Å². The maximum Gasteiger partial charge on any atom is 0.0940 e. The first kappa shape index (κ1) is 9.50. The fraction of sp³-hybridized carbons (Fsp3) is 0.889. The molecule has 0 aromatic carbocycles. The van der Waals surface area contributed by atoms with Crippen LogP contribution in [0.2, 0.25) is 0 Å². The summed E-state index contributed by atoms with van der Waals surface area (Å²) < 4.78 is 0. The van der Waals surface area contributed by atoms with Crippen molar-refractivity contribution >= 4 is 0 Å². The maximum atomic E-state index is 8.45. The Labute approximate surface area is 74.1 Å². The normalized spacial score (nSPS) is 19.2. The Morgan fingerprint density at radius 1 is 1.67 bits per heavy atom. The van der Waals surface area contributed by atoms with Gasteiger partial charge in [0.25, 0.3) is 0 Å². The lowest BCUT2D eigenvalue weighted by Crippen LogP contribution is -2.28. The van der Waals surface area contributed by atoms with Gasteiger partial charge in [-0.25, -0.2) is 0 Å². The molecule has 0 aromatic heterocycles. The van der Waals surface area contributed by atoms with Crippen molar-refractivity contribution in [3.8, 4) is 6.07 Å². The first-order valence-electron chi connectivity index (χ1n) is 4.56. The lowest BCUT2D eigenvalue weighted by atomic mass is 10.2. The smallest absolute Gasteiger partial charge is 0.0940 e. The number of nitriles is 1. The fourth-order valence-corrected chi connectivity index (χ4v) is 1.26. The molecule has 1 atom stereocenters. The molecule has 3 heteroatoms. The molecule has 0 aliphatic heterocycles. The average molecular weight is 167 g/mol. The van der Waals surface area contributed by atoms with Crippen molar-refractivity contribution in [3.05, 3.63) is 0 Å². The highest BCUT2D eigenvalue weighted by Gasteiger charge is 2.22. The molecular formula is C9H17N3. The zero-order valence-corrected chi connectivity index (χ0v) is 7.66. The van der Waals surface area contributed by atoms with E-state index in [9.17, 15) is 0 Å². The Morgan fingerprint density at radius 3 is 2.83 bits per heavy atom. The van der Waals surface area contributed by atoms with Crippen molar-refractivity contribution in [3.63, 3.8) is 0 Å². The minimum absolute atomic E-state index is 0.286. The van der Waals surface area contributed by atoms with Gasteiger partial charge in [-0.3, -0.25) is 0 Å². The van der Waals surface area contributed by atoms with Crippen LogP contribution in [0.15, 0.2) is 0 Å². The van der Waals surface area contributed by atoms with Crippen molar-refractivity contribution < 1.29 is 0 Å². The van der Waals surface area contributed by atoms with E-state index in [1.54, 1.807) is 0 Å². The van der Waals surface area contributed by atoms with Gasteiger partial charge in [0.2, 0.25) is 0 Å². The van der Waals surface area contributed by atoms with E-state index >= 15 is 0 Å². The second kappa shape index (κ2) is 4.44. The Hall–Kier alpha value is -0.590. The molecule has 1 rings (SSSR count). The highest BCUT2D eigenvalue weighted by molar-refractivity contribution is 4.87. The van der Waals surface area contributed by atoms with Crippen LogP contribution in [0.1, 0.15) is 19.3 Å². The van der Waals surface area contributed by atoms with Gasteiger partial charge in [0.15, 0.2) is 0 Å². The predicted octanol–water partition coefficient (Wildman–Crippen LogP) is 0.569. The van der Waals surface area contributed by atoms with Gasteiger partial charge in [-0.1, -0.05) is 0 Å². The summed E-state index contributed by atoms with van der Waals surface area (Å²) >= 11 is 0. The summed E-state index contributed by atoms with van der Waals surface area (Å²) in [5, 5.41) is 8.45. The first-order valence-corrected chi connectivity index (χ1v) is 4.56. The molecule has 0 spiro atoms. The fourth-order valence-electron chi connectivity index (χ4n) is 1.26. The zero-order valence-electron chi connectivity index (χ0n) is 7.66. The first-order chi connectivity index (χ1) is 5.72. The number of hydrogen-bond acceptors (Lipinski definition) is 3. The summed E-state index contributed by atoms with van der Waals surface area (Å²) in [7, 11) is 2.10. The summed E-state index contributed by atoms with van der Waals surface area (Å²) in [4.78, 5) is 2.27. The van der Waals surface area contributed by atoms with E-state index in [4.69, 9.17) is 11.0 Å². The van der Waals surface area contributed by atoms with Gasteiger partial charge in [-0.05, 0) is 32.2 Å². The van der Waals surface area contributed by atoms with E-state index in [2.05, 4.69) is 11.9 Å². The lowest BCUT2D eigenvalue weighted by molar-refractivity contribution is 0.312. The quantitative estimate of drug-likeness (QED) is 0.651. The summed E-state index contributed by atoms with van der Waals surface area (Å²) in [6.07, 6.45) is 3.56. The maximum absolute atomic E-state index is 8.45. The van der Waals surface area contributed by atoms with Crippen LogP contribution in [0.25, 0.3) is 0 Å². The third-order valence-corrected chi connectivity index (χ3v) is 2.25. The SMILES string of the molecule is CN(CCC(N)C#N)CC1CC1. The van der Waals surface area contributed by atoms with E-state index in [0.717, 1.165) is 18.9 Å². The Kier molecular flexibility index (Phi) is 3.51. The highest BCUT2D eigenvalue weighted by Crippen LogP contribution is 2.29. The van der Waals surface area contributed by atoms with Gasteiger partial charge in [0, 0.05) is 13.1 Å². The number of nitrogens with two attached hydrogens (primary N) is 1. The second-order valence-electron chi connectivity index (χ2n) is 3.73. The van der Waals surface area contributed by atoms with Crippen molar-refractivity contribution in [2.24, 2.45) is 11.7 Å². The molecule has 0 heterocycles. The van der Waals surface area contributed by atoms with Crippen LogP contribution in [-0.4, -0.2) is 31.1 Å². The Balaban J connectivity index is 2.01. The molecule has 1 aliphatic carbocycles. The van der Waals surface area contributed by atoms with Crippen molar-refractivity contribution in [1.82, 2.24) is 4.90 Å². The Bertz CT molecular complexity index is 169. The van der Waals surface area contributed by atoms with E-state index in [1.807, 2.05) is 6.07 Å². The second-order valence-corrected chi connectivity index (χ2v) is 3.73. The third kappa shape index (κ3) is 3.70. The van der Waals surface area contributed by atoms with Crippen LogP contribution in [0.3, 0.4) is 0 Å². The highest BCUT2D eigenvalue weighted by atomic mass is 15.1. The van der Waals surface area contributed by atoms with E-state index < -0.39 is 0 Å². The molecule has 68 valence electrons.